The largest absolute Gasteiger partial charge is 0.340 e. The minimum absolute atomic E-state index is 0.325. The van der Waals surface area contributed by atoms with Crippen LogP contribution in [0.25, 0.3) is 0 Å². The van der Waals surface area contributed by atoms with E-state index in [9.17, 15) is 13.6 Å². The van der Waals surface area contributed by atoms with Crippen LogP contribution in [0.15, 0.2) is 60.8 Å². The van der Waals surface area contributed by atoms with Gasteiger partial charge >= 0.3 is 0 Å². The van der Waals surface area contributed by atoms with Gasteiger partial charge < -0.3 is 10.6 Å². The second-order valence-electron chi connectivity index (χ2n) is 5.15. The Hall–Kier alpha value is -2.99. The Balaban J connectivity index is 1.67. The molecule has 0 aliphatic carbocycles. The van der Waals surface area contributed by atoms with Crippen molar-refractivity contribution in [1.82, 2.24) is 4.98 Å². The highest BCUT2D eigenvalue weighted by Gasteiger charge is 2.08. The van der Waals surface area contributed by atoms with E-state index in [2.05, 4.69) is 15.6 Å². The number of aromatic nitrogens is 1. The molecule has 0 saturated heterocycles. The molecule has 0 aliphatic rings. The van der Waals surface area contributed by atoms with E-state index in [0.717, 1.165) is 12.1 Å². The molecule has 0 atom stereocenters. The van der Waals surface area contributed by atoms with Crippen LogP contribution in [0.2, 0.25) is 5.02 Å². The number of hydrogen-bond donors (Lipinski definition) is 2. The fourth-order valence-electron chi connectivity index (χ4n) is 2.06. The van der Waals surface area contributed by atoms with Gasteiger partial charge in [-0.15, -0.1) is 0 Å². The molecule has 0 spiro atoms. The van der Waals surface area contributed by atoms with Gasteiger partial charge in [-0.3, -0.25) is 4.79 Å². The molecule has 1 aromatic heterocycles. The Bertz CT molecular complexity index is 899. The van der Waals surface area contributed by atoms with Crippen LogP contribution >= 0.6 is 11.6 Å². The maximum absolute atomic E-state index is 13.2. The number of hydrogen-bond acceptors (Lipinski definition) is 3. The molecule has 0 bridgehead atoms. The normalized spacial score (nSPS) is 10.4. The zero-order valence-electron chi connectivity index (χ0n) is 12.8. The van der Waals surface area contributed by atoms with E-state index < -0.39 is 11.6 Å². The highest BCUT2D eigenvalue weighted by Crippen LogP contribution is 2.18. The predicted octanol–water partition coefficient (Wildman–Crippen LogP) is 5.01. The van der Waals surface area contributed by atoms with Crippen molar-refractivity contribution in [1.29, 1.82) is 0 Å². The monoisotopic (exact) mass is 359 g/mol. The number of benzene rings is 2. The van der Waals surface area contributed by atoms with E-state index in [1.807, 2.05) is 0 Å². The molecule has 0 aliphatic heterocycles. The fourth-order valence-corrected chi connectivity index (χ4v) is 2.19. The van der Waals surface area contributed by atoms with Crippen LogP contribution in [0.5, 0.6) is 0 Å². The highest BCUT2D eigenvalue weighted by atomic mass is 35.5. The lowest BCUT2D eigenvalue weighted by Gasteiger charge is -2.08. The second kappa shape index (κ2) is 7.27. The summed E-state index contributed by atoms with van der Waals surface area (Å²) in [5, 5.41) is 6.13. The van der Waals surface area contributed by atoms with Gasteiger partial charge in [0.25, 0.3) is 5.91 Å². The summed E-state index contributed by atoms with van der Waals surface area (Å²) in [5.74, 6) is -1.81. The van der Waals surface area contributed by atoms with Gasteiger partial charge in [-0.2, -0.15) is 0 Å². The first kappa shape index (κ1) is 16.9. The zero-order chi connectivity index (χ0) is 17.8. The molecular formula is C18H12ClF2N3O. The lowest BCUT2D eigenvalue weighted by atomic mass is 10.2. The van der Waals surface area contributed by atoms with Crippen LogP contribution in [-0.4, -0.2) is 10.9 Å². The molecule has 1 amide bonds. The molecule has 3 rings (SSSR count). The number of carbonyl (C=O) groups excluding carboxylic acids is 1. The van der Waals surface area contributed by atoms with Crippen LogP contribution < -0.4 is 10.6 Å². The quantitative estimate of drug-likeness (QED) is 0.688. The van der Waals surface area contributed by atoms with Crippen molar-refractivity contribution >= 4 is 34.7 Å². The second-order valence-corrected chi connectivity index (χ2v) is 5.58. The average Bonchev–Trinajstić information content (AvgIpc) is 2.61. The van der Waals surface area contributed by atoms with Gasteiger partial charge in [0.1, 0.15) is 5.82 Å². The third kappa shape index (κ3) is 4.30. The van der Waals surface area contributed by atoms with Crippen molar-refractivity contribution in [3.05, 3.63) is 83.0 Å². The number of rotatable bonds is 4. The zero-order valence-corrected chi connectivity index (χ0v) is 13.5. The molecule has 0 radical (unpaired) electrons. The van der Waals surface area contributed by atoms with Crippen LogP contribution in [-0.2, 0) is 0 Å². The summed E-state index contributed by atoms with van der Waals surface area (Å²) in [7, 11) is 0. The number of halogens is 3. The van der Waals surface area contributed by atoms with Gasteiger partial charge in [0.05, 0.1) is 5.56 Å². The Morgan fingerprint density at radius 2 is 1.64 bits per heavy atom. The van der Waals surface area contributed by atoms with Gasteiger partial charge in [-0.25, -0.2) is 13.8 Å². The molecule has 0 saturated carbocycles. The summed E-state index contributed by atoms with van der Waals surface area (Å²) in [4.78, 5) is 16.2. The summed E-state index contributed by atoms with van der Waals surface area (Å²) >= 11 is 5.79. The summed E-state index contributed by atoms with van der Waals surface area (Å²) in [5.41, 5.74) is 1.31. The maximum Gasteiger partial charge on any atom is 0.257 e. The Labute approximate surface area is 147 Å². The Kier molecular flexibility index (Phi) is 4.90. The van der Waals surface area contributed by atoms with E-state index >= 15 is 0 Å². The minimum Gasteiger partial charge on any atom is -0.340 e. The van der Waals surface area contributed by atoms with E-state index in [0.29, 0.717) is 27.8 Å². The van der Waals surface area contributed by atoms with Crippen molar-refractivity contribution in [3.8, 4) is 0 Å². The van der Waals surface area contributed by atoms with E-state index in [4.69, 9.17) is 11.6 Å². The van der Waals surface area contributed by atoms with Crippen LogP contribution in [0.1, 0.15) is 10.4 Å². The first-order chi connectivity index (χ1) is 12.0. The first-order valence-electron chi connectivity index (χ1n) is 7.26. The van der Waals surface area contributed by atoms with Crippen LogP contribution in [0.4, 0.5) is 26.0 Å². The van der Waals surface area contributed by atoms with Crippen molar-refractivity contribution in [2.24, 2.45) is 0 Å². The SMILES string of the molecule is O=C(Nc1ccc(Cl)cc1)c1ccc(Nc2ccc(F)c(F)c2)nc1. The minimum atomic E-state index is -0.955. The van der Waals surface area contributed by atoms with Crippen molar-refractivity contribution in [2.75, 3.05) is 10.6 Å². The first-order valence-corrected chi connectivity index (χ1v) is 7.64. The van der Waals surface area contributed by atoms with Crippen molar-refractivity contribution < 1.29 is 13.6 Å². The van der Waals surface area contributed by atoms with Gasteiger partial charge in [-0.1, -0.05) is 11.6 Å². The number of nitrogens with one attached hydrogen (secondary N) is 2. The summed E-state index contributed by atoms with van der Waals surface area (Å²) in [6.45, 7) is 0. The molecule has 4 nitrogen and oxygen atoms in total. The standard InChI is InChI=1S/C18H12ClF2N3O/c19-12-2-4-13(5-3-12)24-18(25)11-1-8-17(22-10-11)23-14-6-7-15(20)16(21)9-14/h1-10H,(H,22,23)(H,24,25). The molecule has 126 valence electrons. The Morgan fingerprint density at radius 1 is 0.920 bits per heavy atom. The molecule has 0 unspecified atom stereocenters. The van der Waals surface area contributed by atoms with Gasteiger partial charge in [0, 0.05) is 28.7 Å². The molecule has 1 heterocycles. The topological polar surface area (TPSA) is 54.0 Å². The van der Waals surface area contributed by atoms with Crippen molar-refractivity contribution in [2.45, 2.75) is 0 Å². The summed E-state index contributed by atoms with van der Waals surface area (Å²) in [6, 6.07) is 13.3. The Morgan fingerprint density at radius 3 is 2.28 bits per heavy atom. The molecule has 0 fully saturated rings. The third-order valence-corrected chi connectivity index (χ3v) is 3.57. The number of carbonyl (C=O) groups is 1. The maximum atomic E-state index is 13.2. The molecule has 7 heteroatoms. The average molecular weight is 360 g/mol. The highest BCUT2D eigenvalue weighted by molar-refractivity contribution is 6.30. The van der Waals surface area contributed by atoms with E-state index in [-0.39, 0.29) is 5.91 Å². The summed E-state index contributed by atoms with van der Waals surface area (Å²) < 4.78 is 26.1. The van der Waals surface area contributed by atoms with Gasteiger partial charge in [0.15, 0.2) is 11.6 Å². The molecule has 3 aromatic rings. The molecule has 25 heavy (non-hydrogen) atoms. The summed E-state index contributed by atoms with van der Waals surface area (Å²) in [6.07, 6.45) is 1.38. The fraction of sp³-hybridized carbons (Fsp3) is 0. The third-order valence-electron chi connectivity index (χ3n) is 3.32. The van der Waals surface area contributed by atoms with Crippen LogP contribution in [0.3, 0.4) is 0 Å². The number of amides is 1. The lowest BCUT2D eigenvalue weighted by Crippen LogP contribution is -2.12. The van der Waals surface area contributed by atoms with Gasteiger partial charge in [-0.05, 0) is 48.5 Å². The lowest BCUT2D eigenvalue weighted by molar-refractivity contribution is 0.102. The van der Waals surface area contributed by atoms with Crippen molar-refractivity contribution in [3.63, 3.8) is 0 Å². The molecular weight excluding hydrogens is 348 g/mol. The smallest absolute Gasteiger partial charge is 0.257 e. The van der Waals surface area contributed by atoms with Crippen LogP contribution in [0, 0.1) is 11.6 Å². The number of pyridine rings is 1. The van der Waals surface area contributed by atoms with E-state index in [1.54, 1.807) is 36.4 Å². The van der Waals surface area contributed by atoms with E-state index in [1.165, 1.54) is 12.3 Å². The number of anilines is 3. The molecule has 2 N–H and O–H groups in total. The number of nitrogens with zero attached hydrogens (tertiary/aromatic N) is 1. The molecule has 2 aromatic carbocycles. The van der Waals surface area contributed by atoms with Gasteiger partial charge in [0.2, 0.25) is 0 Å². The predicted molar refractivity (Wildman–Crippen MR) is 93.3 cm³/mol.